The van der Waals surface area contributed by atoms with Crippen LogP contribution in [-0.4, -0.2) is 18.3 Å². The molecule has 1 aliphatic rings. The van der Waals surface area contributed by atoms with E-state index in [0.717, 1.165) is 13.1 Å². The second-order valence-corrected chi connectivity index (χ2v) is 5.77. The zero-order valence-corrected chi connectivity index (χ0v) is 11.6. The molecule has 0 fully saturated rings. The van der Waals surface area contributed by atoms with E-state index in [1.807, 2.05) is 0 Å². The van der Waals surface area contributed by atoms with Crippen LogP contribution in [0.2, 0.25) is 0 Å². The van der Waals surface area contributed by atoms with Crippen molar-refractivity contribution < 1.29 is 5.11 Å². The van der Waals surface area contributed by atoms with Gasteiger partial charge in [-0.1, -0.05) is 32.0 Å². The summed E-state index contributed by atoms with van der Waals surface area (Å²) in [7, 11) is 0. The number of benzene rings is 1. The summed E-state index contributed by atoms with van der Waals surface area (Å²) in [5.41, 5.74) is 4.45. The number of fused-ring (bicyclic) bond motifs is 1. The van der Waals surface area contributed by atoms with Gasteiger partial charge in [0.25, 0.3) is 0 Å². The summed E-state index contributed by atoms with van der Waals surface area (Å²) in [6.07, 6.45) is 3.81. The van der Waals surface area contributed by atoms with Gasteiger partial charge in [0.1, 0.15) is 0 Å². The quantitative estimate of drug-likeness (QED) is 0.809. The molecule has 0 aliphatic heterocycles. The Morgan fingerprint density at radius 2 is 2.00 bits per heavy atom. The molecule has 1 aliphatic carbocycles. The van der Waals surface area contributed by atoms with Crippen LogP contribution in [0.15, 0.2) is 18.2 Å². The molecule has 100 valence electrons. The average molecular weight is 247 g/mol. The predicted octanol–water partition coefficient (Wildman–Crippen LogP) is 2.53. The fraction of sp³-hybridized carbons (Fsp3) is 0.625. The Morgan fingerprint density at radius 1 is 1.22 bits per heavy atom. The van der Waals surface area contributed by atoms with Gasteiger partial charge in [-0.15, -0.1) is 0 Å². The Bertz CT molecular complexity index is 387. The molecule has 1 atom stereocenters. The summed E-state index contributed by atoms with van der Waals surface area (Å²) >= 11 is 0. The van der Waals surface area contributed by atoms with Crippen LogP contribution < -0.4 is 5.32 Å². The maximum atomic E-state index is 9.28. The number of rotatable bonds is 6. The fourth-order valence-corrected chi connectivity index (χ4v) is 2.65. The van der Waals surface area contributed by atoms with Crippen LogP contribution >= 0.6 is 0 Å². The van der Waals surface area contributed by atoms with Gasteiger partial charge in [-0.3, -0.25) is 0 Å². The summed E-state index contributed by atoms with van der Waals surface area (Å²) in [5, 5.41) is 12.7. The molecular weight excluding hydrogens is 222 g/mol. The fourth-order valence-electron chi connectivity index (χ4n) is 2.65. The lowest BCUT2D eigenvalue weighted by atomic mass is 9.97. The summed E-state index contributed by atoms with van der Waals surface area (Å²) in [6.45, 7) is 6.41. The molecule has 0 saturated heterocycles. The SMILES string of the molecule is CC(C)C(CO)CNCc1ccc2c(c1)CCC2. The van der Waals surface area contributed by atoms with Crippen molar-refractivity contribution in [3.63, 3.8) is 0 Å². The van der Waals surface area contributed by atoms with Gasteiger partial charge >= 0.3 is 0 Å². The average Bonchev–Trinajstić information content (AvgIpc) is 2.81. The Labute approximate surface area is 110 Å². The maximum absolute atomic E-state index is 9.28. The van der Waals surface area contributed by atoms with Crippen LogP contribution in [0, 0.1) is 11.8 Å². The molecule has 0 bridgehead atoms. The number of nitrogens with one attached hydrogen (secondary N) is 1. The smallest absolute Gasteiger partial charge is 0.0473 e. The van der Waals surface area contributed by atoms with E-state index in [1.54, 1.807) is 0 Å². The van der Waals surface area contributed by atoms with Gasteiger partial charge < -0.3 is 10.4 Å². The van der Waals surface area contributed by atoms with Gasteiger partial charge in [0.05, 0.1) is 0 Å². The van der Waals surface area contributed by atoms with Crippen molar-refractivity contribution in [2.45, 2.75) is 39.7 Å². The van der Waals surface area contributed by atoms with E-state index < -0.39 is 0 Å². The molecule has 2 N–H and O–H groups in total. The second-order valence-electron chi connectivity index (χ2n) is 5.77. The van der Waals surface area contributed by atoms with Gasteiger partial charge in [0.15, 0.2) is 0 Å². The van der Waals surface area contributed by atoms with Crippen molar-refractivity contribution >= 4 is 0 Å². The van der Waals surface area contributed by atoms with Gasteiger partial charge in [-0.2, -0.15) is 0 Å². The molecule has 2 rings (SSSR count). The van der Waals surface area contributed by atoms with Crippen molar-refractivity contribution in [1.82, 2.24) is 5.32 Å². The molecular formula is C16H25NO. The third-order valence-corrected chi connectivity index (χ3v) is 4.08. The zero-order valence-electron chi connectivity index (χ0n) is 11.6. The monoisotopic (exact) mass is 247 g/mol. The zero-order chi connectivity index (χ0) is 13.0. The van der Waals surface area contributed by atoms with Crippen LogP contribution in [0.4, 0.5) is 0 Å². The Balaban J connectivity index is 1.83. The lowest BCUT2D eigenvalue weighted by Crippen LogP contribution is -2.28. The summed E-state index contributed by atoms with van der Waals surface area (Å²) < 4.78 is 0. The molecule has 2 heteroatoms. The lowest BCUT2D eigenvalue weighted by molar-refractivity contribution is 0.186. The minimum Gasteiger partial charge on any atom is -0.396 e. The normalized spacial score (nSPS) is 16.0. The van der Waals surface area contributed by atoms with E-state index in [9.17, 15) is 5.11 Å². The first-order chi connectivity index (χ1) is 8.70. The lowest BCUT2D eigenvalue weighted by Gasteiger charge is -2.18. The highest BCUT2D eigenvalue weighted by atomic mass is 16.3. The van der Waals surface area contributed by atoms with E-state index in [4.69, 9.17) is 0 Å². The van der Waals surface area contributed by atoms with Crippen LogP contribution in [0.5, 0.6) is 0 Å². The largest absolute Gasteiger partial charge is 0.396 e. The van der Waals surface area contributed by atoms with E-state index in [1.165, 1.54) is 36.0 Å². The molecule has 0 radical (unpaired) electrons. The van der Waals surface area contributed by atoms with Crippen molar-refractivity contribution in [2.24, 2.45) is 11.8 Å². The van der Waals surface area contributed by atoms with Gasteiger partial charge in [-0.25, -0.2) is 0 Å². The predicted molar refractivity (Wildman–Crippen MR) is 75.6 cm³/mol. The highest BCUT2D eigenvalue weighted by molar-refractivity contribution is 5.35. The van der Waals surface area contributed by atoms with Crippen molar-refractivity contribution in [3.05, 3.63) is 34.9 Å². The molecule has 0 aromatic heterocycles. The minimum absolute atomic E-state index is 0.273. The molecule has 1 aromatic carbocycles. The van der Waals surface area contributed by atoms with Crippen LogP contribution in [0.1, 0.15) is 37.0 Å². The van der Waals surface area contributed by atoms with E-state index in [0.29, 0.717) is 11.8 Å². The Kier molecular flexibility index (Phi) is 4.79. The van der Waals surface area contributed by atoms with Gasteiger partial charge in [-0.05, 0) is 47.8 Å². The van der Waals surface area contributed by atoms with Crippen LogP contribution in [0.25, 0.3) is 0 Å². The molecule has 1 unspecified atom stereocenters. The minimum atomic E-state index is 0.273. The van der Waals surface area contributed by atoms with Crippen molar-refractivity contribution in [3.8, 4) is 0 Å². The van der Waals surface area contributed by atoms with Gasteiger partial charge in [0.2, 0.25) is 0 Å². The number of hydrogen-bond donors (Lipinski definition) is 2. The van der Waals surface area contributed by atoms with Crippen molar-refractivity contribution in [2.75, 3.05) is 13.2 Å². The van der Waals surface area contributed by atoms with Crippen LogP contribution in [0.3, 0.4) is 0 Å². The van der Waals surface area contributed by atoms with E-state index in [2.05, 4.69) is 37.4 Å². The first-order valence-corrected chi connectivity index (χ1v) is 7.13. The molecule has 2 nitrogen and oxygen atoms in total. The third-order valence-electron chi connectivity index (χ3n) is 4.08. The number of aliphatic hydroxyl groups is 1. The van der Waals surface area contributed by atoms with Crippen LogP contribution in [-0.2, 0) is 19.4 Å². The highest BCUT2D eigenvalue weighted by Gasteiger charge is 2.12. The maximum Gasteiger partial charge on any atom is 0.0473 e. The second kappa shape index (κ2) is 6.35. The first kappa shape index (κ1) is 13.6. The molecule has 0 heterocycles. The molecule has 0 saturated carbocycles. The topological polar surface area (TPSA) is 32.3 Å². The molecule has 1 aromatic rings. The number of aryl methyl sites for hydroxylation is 2. The first-order valence-electron chi connectivity index (χ1n) is 7.13. The van der Waals surface area contributed by atoms with E-state index in [-0.39, 0.29) is 6.61 Å². The Hall–Kier alpha value is -0.860. The van der Waals surface area contributed by atoms with Gasteiger partial charge in [0, 0.05) is 19.7 Å². The standard InChI is InChI=1S/C16H25NO/c1-12(2)16(11-18)10-17-9-13-6-7-14-4-3-5-15(14)8-13/h6-8,12,16-18H,3-5,9-11H2,1-2H3. The third kappa shape index (κ3) is 3.33. The summed E-state index contributed by atoms with van der Waals surface area (Å²) in [5.74, 6) is 0.891. The summed E-state index contributed by atoms with van der Waals surface area (Å²) in [4.78, 5) is 0. The Morgan fingerprint density at radius 3 is 2.72 bits per heavy atom. The molecule has 18 heavy (non-hydrogen) atoms. The number of hydrogen-bond acceptors (Lipinski definition) is 2. The molecule has 0 amide bonds. The van der Waals surface area contributed by atoms with E-state index >= 15 is 0 Å². The highest BCUT2D eigenvalue weighted by Crippen LogP contribution is 2.22. The van der Waals surface area contributed by atoms with Crippen molar-refractivity contribution in [1.29, 1.82) is 0 Å². The molecule has 0 spiro atoms. The summed E-state index contributed by atoms with van der Waals surface area (Å²) in [6, 6.07) is 6.87. The number of aliphatic hydroxyl groups excluding tert-OH is 1.